The smallest absolute Gasteiger partial charge is 0.146 e. The maximum absolute atomic E-state index is 13.8. The van der Waals surface area contributed by atoms with Crippen LogP contribution in [-0.4, -0.2) is 7.05 Å². The topological polar surface area (TPSA) is 29.3 Å². The van der Waals surface area contributed by atoms with Crippen LogP contribution in [0.2, 0.25) is 5.02 Å². The van der Waals surface area contributed by atoms with Crippen molar-refractivity contribution in [3.8, 4) is 0 Å². The van der Waals surface area contributed by atoms with Gasteiger partial charge in [-0.05, 0) is 42.8 Å². The number of hydrogen-bond acceptors (Lipinski definition) is 2. The lowest BCUT2D eigenvalue weighted by Crippen LogP contribution is -2.13. The van der Waals surface area contributed by atoms with E-state index in [1.54, 1.807) is 18.0 Å². The normalized spacial score (nSPS) is 10.4. The summed E-state index contributed by atoms with van der Waals surface area (Å²) in [5, 5.41) is 0.490. The van der Waals surface area contributed by atoms with Crippen molar-refractivity contribution < 1.29 is 4.39 Å². The molecule has 0 amide bonds. The monoisotopic (exact) mass is 264 g/mol. The number of nitrogens with two attached hydrogens (primary N) is 1. The summed E-state index contributed by atoms with van der Waals surface area (Å²) in [5.41, 5.74) is 8.78. The molecule has 0 saturated heterocycles. The van der Waals surface area contributed by atoms with Gasteiger partial charge >= 0.3 is 0 Å². The number of benzene rings is 2. The lowest BCUT2D eigenvalue weighted by molar-refractivity contribution is 0.627. The first kappa shape index (κ1) is 12.7. The van der Waals surface area contributed by atoms with Crippen LogP contribution >= 0.6 is 11.6 Å². The summed E-state index contributed by atoms with van der Waals surface area (Å²) in [7, 11) is 1.76. The second-order valence-corrected chi connectivity index (χ2v) is 4.65. The van der Waals surface area contributed by atoms with Gasteiger partial charge in [-0.2, -0.15) is 0 Å². The molecule has 4 heteroatoms. The van der Waals surface area contributed by atoms with Crippen LogP contribution < -0.4 is 10.6 Å². The standard InChI is InChI=1S/C14H14ClFN2/c1-9-3-6-13(12(17)7-9)18(2)14-8-10(15)4-5-11(14)16/h3-8H,17H2,1-2H3. The molecule has 0 spiro atoms. The van der Waals surface area contributed by atoms with Crippen molar-refractivity contribution in [3.05, 3.63) is 52.8 Å². The average Bonchev–Trinajstić information content (AvgIpc) is 2.31. The molecule has 0 unspecified atom stereocenters. The molecule has 0 fully saturated rings. The Labute approximate surface area is 111 Å². The van der Waals surface area contributed by atoms with Crippen molar-refractivity contribution in [2.75, 3.05) is 17.7 Å². The lowest BCUT2D eigenvalue weighted by Gasteiger charge is -2.22. The molecule has 0 aromatic heterocycles. The van der Waals surface area contributed by atoms with Gasteiger partial charge in [-0.3, -0.25) is 0 Å². The van der Waals surface area contributed by atoms with Gasteiger partial charge in [0.05, 0.1) is 17.1 Å². The summed E-state index contributed by atoms with van der Waals surface area (Å²) >= 11 is 5.89. The zero-order chi connectivity index (χ0) is 13.3. The van der Waals surface area contributed by atoms with Crippen LogP contribution in [0, 0.1) is 12.7 Å². The SMILES string of the molecule is Cc1ccc(N(C)c2cc(Cl)ccc2F)c(N)c1. The van der Waals surface area contributed by atoms with Crippen LogP contribution in [-0.2, 0) is 0 Å². The molecular formula is C14H14ClFN2. The molecular weight excluding hydrogens is 251 g/mol. The minimum atomic E-state index is -0.332. The van der Waals surface area contributed by atoms with Crippen molar-refractivity contribution in [1.82, 2.24) is 0 Å². The van der Waals surface area contributed by atoms with E-state index < -0.39 is 0 Å². The highest BCUT2D eigenvalue weighted by atomic mass is 35.5. The molecule has 2 N–H and O–H groups in total. The van der Waals surface area contributed by atoms with Crippen molar-refractivity contribution >= 4 is 28.7 Å². The second kappa shape index (κ2) is 4.86. The molecule has 0 heterocycles. The molecule has 2 aromatic carbocycles. The fraction of sp³-hybridized carbons (Fsp3) is 0.143. The van der Waals surface area contributed by atoms with E-state index in [0.29, 0.717) is 16.4 Å². The predicted molar refractivity (Wildman–Crippen MR) is 75.1 cm³/mol. The van der Waals surface area contributed by atoms with E-state index in [1.807, 2.05) is 25.1 Å². The highest BCUT2D eigenvalue weighted by Crippen LogP contribution is 2.32. The van der Waals surface area contributed by atoms with Crippen LogP contribution in [0.3, 0.4) is 0 Å². The summed E-state index contributed by atoms with van der Waals surface area (Å²) in [6.07, 6.45) is 0. The van der Waals surface area contributed by atoms with Gasteiger partial charge in [-0.1, -0.05) is 17.7 Å². The van der Waals surface area contributed by atoms with Crippen LogP contribution in [0.25, 0.3) is 0 Å². The molecule has 2 nitrogen and oxygen atoms in total. The van der Waals surface area contributed by atoms with Gasteiger partial charge in [0.15, 0.2) is 0 Å². The second-order valence-electron chi connectivity index (χ2n) is 4.22. The van der Waals surface area contributed by atoms with Gasteiger partial charge in [0, 0.05) is 12.1 Å². The maximum atomic E-state index is 13.8. The number of halogens is 2. The Morgan fingerprint density at radius 3 is 2.50 bits per heavy atom. The first-order valence-corrected chi connectivity index (χ1v) is 5.92. The molecule has 2 rings (SSSR count). The number of anilines is 3. The highest BCUT2D eigenvalue weighted by Gasteiger charge is 2.12. The van der Waals surface area contributed by atoms with Crippen molar-refractivity contribution in [1.29, 1.82) is 0 Å². The Balaban J connectivity index is 2.47. The highest BCUT2D eigenvalue weighted by molar-refractivity contribution is 6.30. The first-order chi connectivity index (χ1) is 8.49. The third-order valence-corrected chi connectivity index (χ3v) is 3.05. The Morgan fingerprint density at radius 2 is 1.83 bits per heavy atom. The van der Waals surface area contributed by atoms with E-state index in [4.69, 9.17) is 17.3 Å². The number of rotatable bonds is 2. The summed E-state index contributed by atoms with van der Waals surface area (Å²) in [5.74, 6) is -0.332. The van der Waals surface area contributed by atoms with Crippen LogP contribution in [0.4, 0.5) is 21.5 Å². The zero-order valence-corrected chi connectivity index (χ0v) is 11.0. The summed E-state index contributed by atoms with van der Waals surface area (Å²) < 4.78 is 13.8. The Bertz CT molecular complexity index is 584. The van der Waals surface area contributed by atoms with E-state index in [2.05, 4.69) is 0 Å². The number of hydrogen-bond donors (Lipinski definition) is 1. The number of aryl methyl sites for hydroxylation is 1. The average molecular weight is 265 g/mol. The molecule has 94 valence electrons. The minimum absolute atomic E-state index is 0.332. The van der Waals surface area contributed by atoms with Crippen molar-refractivity contribution in [2.45, 2.75) is 6.92 Å². The molecule has 0 radical (unpaired) electrons. The van der Waals surface area contributed by atoms with Gasteiger partial charge in [0.25, 0.3) is 0 Å². The molecule has 0 aliphatic rings. The molecule has 18 heavy (non-hydrogen) atoms. The van der Waals surface area contributed by atoms with Gasteiger partial charge in [0.1, 0.15) is 5.82 Å². The van der Waals surface area contributed by atoms with Crippen LogP contribution in [0.15, 0.2) is 36.4 Å². The first-order valence-electron chi connectivity index (χ1n) is 5.54. The van der Waals surface area contributed by atoms with Gasteiger partial charge < -0.3 is 10.6 Å². The molecule has 0 aliphatic carbocycles. The fourth-order valence-corrected chi connectivity index (χ4v) is 2.02. The predicted octanol–water partition coefficient (Wildman–Crippen LogP) is 4.14. The third kappa shape index (κ3) is 2.41. The Hall–Kier alpha value is -1.74. The summed E-state index contributed by atoms with van der Waals surface area (Å²) in [6.45, 7) is 1.96. The molecule has 0 atom stereocenters. The third-order valence-electron chi connectivity index (χ3n) is 2.81. The Kier molecular flexibility index (Phi) is 3.43. The fourth-order valence-electron chi connectivity index (χ4n) is 1.85. The van der Waals surface area contributed by atoms with Gasteiger partial charge in [-0.15, -0.1) is 0 Å². The number of nitrogens with zero attached hydrogens (tertiary/aromatic N) is 1. The summed E-state index contributed by atoms with van der Waals surface area (Å²) in [4.78, 5) is 1.69. The largest absolute Gasteiger partial charge is 0.397 e. The summed E-state index contributed by atoms with van der Waals surface area (Å²) in [6, 6.07) is 10.1. The van der Waals surface area contributed by atoms with E-state index in [9.17, 15) is 4.39 Å². The van der Waals surface area contributed by atoms with E-state index in [-0.39, 0.29) is 5.82 Å². The van der Waals surface area contributed by atoms with Gasteiger partial charge in [-0.25, -0.2) is 4.39 Å². The Morgan fingerprint density at radius 1 is 1.11 bits per heavy atom. The minimum Gasteiger partial charge on any atom is -0.397 e. The van der Waals surface area contributed by atoms with E-state index >= 15 is 0 Å². The number of nitrogen functional groups attached to an aromatic ring is 1. The van der Waals surface area contributed by atoms with E-state index in [0.717, 1.165) is 11.3 Å². The zero-order valence-electron chi connectivity index (χ0n) is 10.2. The maximum Gasteiger partial charge on any atom is 0.146 e. The van der Waals surface area contributed by atoms with E-state index in [1.165, 1.54) is 12.1 Å². The lowest BCUT2D eigenvalue weighted by atomic mass is 10.1. The van der Waals surface area contributed by atoms with Crippen molar-refractivity contribution in [3.63, 3.8) is 0 Å². The van der Waals surface area contributed by atoms with Crippen molar-refractivity contribution in [2.24, 2.45) is 0 Å². The quantitative estimate of drug-likeness (QED) is 0.826. The molecule has 0 saturated carbocycles. The molecule has 0 aliphatic heterocycles. The van der Waals surface area contributed by atoms with Crippen LogP contribution in [0.1, 0.15) is 5.56 Å². The van der Waals surface area contributed by atoms with Gasteiger partial charge in [0.2, 0.25) is 0 Å². The molecule has 2 aromatic rings. The van der Waals surface area contributed by atoms with Crippen LogP contribution in [0.5, 0.6) is 0 Å². The molecule has 0 bridgehead atoms.